The Labute approximate surface area is 133 Å². The highest BCUT2D eigenvalue weighted by atomic mass is 35.7. The Morgan fingerprint density at radius 3 is 2.27 bits per heavy atom. The first-order chi connectivity index (χ1) is 10.1. The van der Waals surface area contributed by atoms with Crippen molar-refractivity contribution in [3.05, 3.63) is 36.4 Å². The topological polar surface area (TPSA) is 72.5 Å². The van der Waals surface area contributed by atoms with Crippen molar-refractivity contribution < 1.29 is 17.9 Å². The summed E-state index contributed by atoms with van der Waals surface area (Å²) in [5.74, 6) is 0. The van der Waals surface area contributed by atoms with Gasteiger partial charge in [0.2, 0.25) is 0 Å². The van der Waals surface area contributed by atoms with Gasteiger partial charge in [-0.25, -0.2) is 13.2 Å². The smallest absolute Gasteiger partial charge is 0.412 e. The molecule has 0 spiro atoms. The van der Waals surface area contributed by atoms with Crippen LogP contribution in [0.3, 0.4) is 0 Å². The molecular weight excluding hydrogens is 326 g/mol. The third-order valence-corrected chi connectivity index (χ3v) is 4.16. The molecule has 0 saturated carbocycles. The van der Waals surface area contributed by atoms with Gasteiger partial charge in [-0.05, 0) is 32.9 Å². The van der Waals surface area contributed by atoms with Crippen molar-refractivity contribution in [3.8, 4) is 0 Å². The summed E-state index contributed by atoms with van der Waals surface area (Å²) in [7, 11) is 1.57. The second kappa shape index (κ2) is 5.78. The zero-order valence-corrected chi connectivity index (χ0v) is 14.0. The van der Waals surface area contributed by atoms with Crippen LogP contribution >= 0.6 is 10.7 Å². The Balaban J connectivity index is 2.47. The molecule has 2 aromatic rings. The van der Waals surface area contributed by atoms with E-state index in [0.29, 0.717) is 16.5 Å². The van der Waals surface area contributed by atoms with Gasteiger partial charge in [-0.3, -0.25) is 5.32 Å². The van der Waals surface area contributed by atoms with E-state index in [1.165, 1.54) is 6.07 Å². The molecule has 0 aliphatic heterocycles. The van der Waals surface area contributed by atoms with Gasteiger partial charge < -0.3 is 4.74 Å². The average molecular weight is 342 g/mol. The van der Waals surface area contributed by atoms with Gasteiger partial charge in [-0.1, -0.05) is 24.3 Å². The van der Waals surface area contributed by atoms with Crippen LogP contribution in [0.4, 0.5) is 10.5 Å². The summed E-state index contributed by atoms with van der Waals surface area (Å²) < 4.78 is 28.4. The number of benzene rings is 2. The van der Waals surface area contributed by atoms with Gasteiger partial charge in [0.1, 0.15) is 5.60 Å². The van der Waals surface area contributed by atoms with Crippen LogP contribution in [0.2, 0.25) is 0 Å². The quantitative estimate of drug-likeness (QED) is 0.834. The molecule has 2 aromatic carbocycles. The summed E-state index contributed by atoms with van der Waals surface area (Å²) in [6, 6.07) is 9.62. The Hall–Kier alpha value is -1.79. The Kier molecular flexibility index (Phi) is 4.35. The SMILES string of the molecule is CC(C)(C)OC(=O)Nc1cccc2c(S(=O)(=O)Cl)cccc12. The van der Waals surface area contributed by atoms with E-state index in [2.05, 4.69) is 5.32 Å². The molecule has 5 nitrogen and oxygen atoms in total. The summed E-state index contributed by atoms with van der Waals surface area (Å²) in [5, 5.41) is 3.62. The lowest BCUT2D eigenvalue weighted by Gasteiger charge is -2.20. The van der Waals surface area contributed by atoms with E-state index >= 15 is 0 Å². The summed E-state index contributed by atoms with van der Waals surface area (Å²) in [5.41, 5.74) is -0.173. The van der Waals surface area contributed by atoms with Crippen molar-refractivity contribution in [2.24, 2.45) is 0 Å². The fourth-order valence-electron chi connectivity index (χ4n) is 2.02. The molecule has 0 aromatic heterocycles. The molecule has 7 heteroatoms. The summed E-state index contributed by atoms with van der Waals surface area (Å²) >= 11 is 0. The van der Waals surface area contributed by atoms with Gasteiger partial charge in [0, 0.05) is 21.5 Å². The van der Waals surface area contributed by atoms with Crippen LogP contribution in [0.15, 0.2) is 41.3 Å². The first-order valence-corrected chi connectivity index (χ1v) is 8.85. The minimum Gasteiger partial charge on any atom is -0.444 e. The number of fused-ring (bicyclic) bond motifs is 1. The van der Waals surface area contributed by atoms with Crippen LogP contribution in [0.1, 0.15) is 20.8 Å². The summed E-state index contributed by atoms with van der Waals surface area (Å²) in [6.45, 7) is 5.27. The maximum atomic E-state index is 11.9. The van der Waals surface area contributed by atoms with Crippen molar-refractivity contribution >= 4 is 42.3 Å². The van der Waals surface area contributed by atoms with Gasteiger partial charge in [0.15, 0.2) is 0 Å². The van der Waals surface area contributed by atoms with Crippen LogP contribution in [0.5, 0.6) is 0 Å². The molecule has 0 saturated heterocycles. The van der Waals surface area contributed by atoms with Gasteiger partial charge in [0.25, 0.3) is 9.05 Å². The highest BCUT2D eigenvalue weighted by Crippen LogP contribution is 2.30. The molecule has 0 bridgehead atoms. The van der Waals surface area contributed by atoms with E-state index < -0.39 is 20.7 Å². The number of carbonyl (C=O) groups is 1. The molecule has 118 valence electrons. The molecular formula is C15H16ClNO4S. The molecule has 2 rings (SSSR count). The monoisotopic (exact) mass is 341 g/mol. The van der Waals surface area contributed by atoms with Crippen LogP contribution in [0.25, 0.3) is 10.8 Å². The molecule has 0 unspecified atom stereocenters. The lowest BCUT2D eigenvalue weighted by Crippen LogP contribution is -2.27. The van der Waals surface area contributed by atoms with Crippen molar-refractivity contribution in [1.82, 2.24) is 0 Å². The number of rotatable bonds is 2. The van der Waals surface area contributed by atoms with Crippen LogP contribution in [-0.4, -0.2) is 20.1 Å². The number of ether oxygens (including phenoxy) is 1. The molecule has 1 N–H and O–H groups in total. The lowest BCUT2D eigenvalue weighted by atomic mass is 10.1. The average Bonchev–Trinajstić information content (AvgIpc) is 2.35. The highest BCUT2D eigenvalue weighted by Gasteiger charge is 2.18. The molecule has 22 heavy (non-hydrogen) atoms. The Morgan fingerprint density at radius 2 is 1.68 bits per heavy atom. The third kappa shape index (κ3) is 3.90. The molecule has 0 aliphatic rings. The van der Waals surface area contributed by atoms with Gasteiger partial charge >= 0.3 is 6.09 Å². The number of amides is 1. The first-order valence-electron chi connectivity index (χ1n) is 6.54. The van der Waals surface area contributed by atoms with Crippen LogP contribution in [-0.2, 0) is 13.8 Å². The number of halogens is 1. The lowest BCUT2D eigenvalue weighted by molar-refractivity contribution is 0.0636. The fourth-order valence-corrected chi connectivity index (χ4v) is 3.10. The second-order valence-corrected chi connectivity index (χ2v) is 8.26. The van der Waals surface area contributed by atoms with Crippen molar-refractivity contribution in [3.63, 3.8) is 0 Å². The second-order valence-electron chi connectivity index (χ2n) is 5.72. The molecule has 0 radical (unpaired) electrons. The molecule has 1 amide bonds. The fraction of sp³-hybridized carbons (Fsp3) is 0.267. The van der Waals surface area contributed by atoms with Gasteiger partial charge in [-0.2, -0.15) is 0 Å². The first kappa shape index (κ1) is 16.6. The normalized spacial score (nSPS) is 12.2. The van der Waals surface area contributed by atoms with Crippen molar-refractivity contribution in [2.75, 3.05) is 5.32 Å². The van der Waals surface area contributed by atoms with E-state index in [0.717, 1.165) is 0 Å². The summed E-state index contributed by atoms with van der Waals surface area (Å²) in [4.78, 5) is 11.9. The Bertz CT molecular complexity index is 825. The minimum absolute atomic E-state index is 0.000458. The molecule has 0 fully saturated rings. The zero-order chi connectivity index (χ0) is 16.5. The number of carbonyl (C=O) groups excluding carboxylic acids is 1. The standard InChI is InChI=1S/C15H16ClNO4S/c1-15(2,3)21-14(18)17-12-8-4-7-11-10(12)6-5-9-13(11)22(16,19)20/h4-9H,1-3H3,(H,17,18). The maximum Gasteiger partial charge on any atom is 0.412 e. The van der Waals surface area contributed by atoms with E-state index in [1.54, 1.807) is 51.1 Å². The third-order valence-electron chi connectivity index (χ3n) is 2.78. The predicted molar refractivity (Wildman–Crippen MR) is 86.8 cm³/mol. The molecule has 0 heterocycles. The van der Waals surface area contributed by atoms with Gasteiger partial charge in [-0.15, -0.1) is 0 Å². The summed E-state index contributed by atoms with van der Waals surface area (Å²) in [6.07, 6.45) is -0.612. The number of hydrogen-bond donors (Lipinski definition) is 1. The zero-order valence-electron chi connectivity index (χ0n) is 12.4. The Morgan fingerprint density at radius 1 is 1.09 bits per heavy atom. The number of anilines is 1. The largest absolute Gasteiger partial charge is 0.444 e. The van der Waals surface area contributed by atoms with E-state index in [9.17, 15) is 13.2 Å². The van der Waals surface area contributed by atoms with Crippen LogP contribution < -0.4 is 5.32 Å². The van der Waals surface area contributed by atoms with E-state index in [1.807, 2.05) is 0 Å². The maximum absolute atomic E-state index is 11.9. The number of hydrogen-bond acceptors (Lipinski definition) is 4. The van der Waals surface area contributed by atoms with E-state index in [4.69, 9.17) is 15.4 Å². The molecule has 0 atom stereocenters. The van der Waals surface area contributed by atoms with Crippen molar-refractivity contribution in [2.45, 2.75) is 31.3 Å². The number of nitrogens with one attached hydrogen (secondary N) is 1. The van der Waals surface area contributed by atoms with Crippen LogP contribution in [0, 0.1) is 0 Å². The van der Waals surface area contributed by atoms with Crippen molar-refractivity contribution in [1.29, 1.82) is 0 Å². The molecule has 0 aliphatic carbocycles. The predicted octanol–water partition coefficient (Wildman–Crippen LogP) is 4.11. The van der Waals surface area contributed by atoms with Gasteiger partial charge in [0.05, 0.1) is 10.6 Å². The van der Waals surface area contributed by atoms with E-state index in [-0.39, 0.29) is 4.90 Å². The highest BCUT2D eigenvalue weighted by molar-refractivity contribution is 8.14. The minimum atomic E-state index is -3.88.